The fourth-order valence-electron chi connectivity index (χ4n) is 3.19. The van der Waals surface area contributed by atoms with Gasteiger partial charge >= 0.3 is 0 Å². The van der Waals surface area contributed by atoms with Crippen LogP contribution in [0.1, 0.15) is 5.56 Å². The van der Waals surface area contributed by atoms with E-state index in [0.717, 1.165) is 10.0 Å². The highest BCUT2D eigenvalue weighted by Gasteiger charge is 2.42. The average Bonchev–Trinajstić information content (AvgIpc) is 3.19. The third kappa shape index (κ3) is 4.55. The average molecular weight is 509 g/mol. The predicted molar refractivity (Wildman–Crippen MR) is 125 cm³/mol. The third-order valence-electron chi connectivity index (χ3n) is 4.80. The van der Waals surface area contributed by atoms with Crippen LogP contribution in [-0.2, 0) is 9.59 Å². The number of carbonyl (C=O) groups excluding carboxylic acids is 2. The molecule has 2 amide bonds. The maximum atomic E-state index is 13.1. The first-order valence-corrected chi connectivity index (χ1v) is 11.4. The van der Waals surface area contributed by atoms with Gasteiger partial charge in [-0.2, -0.15) is 0 Å². The Morgan fingerprint density at radius 2 is 2.10 bits per heavy atom. The molecular formula is C20H19BrClN5O2S. The normalized spacial score (nSPS) is 20.7. The zero-order chi connectivity index (χ0) is 21.3. The Bertz CT molecular complexity index is 1020. The highest BCUT2D eigenvalue weighted by molar-refractivity contribution is 9.10. The van der Waals surface area contributed by atoms with Crippen LogP contribution in [0.5, 0.6) is 0 Å². The number of rotatable bonds is 4. The van der Waals surface area contributed by atoms with Crippen LogP contribution in [0.2, 0.25) is 5.02 Å². The first-order chi connectivity index (χ1) is 14.4. The van der Waals surface area contributed by atoms with Crippen LogP contribution in [0.15, 0.2) is 51.9 Å². The Kier molecular flexibility index (Phi) is 6.45. The number of anilines is 2. The maximum Gasteiger partial charge on any atom is 0.241 e. The van der Waals surface area contributed by atoms with E-state index in [9.17, 15) is 9.59 Å². The summed E-state index contributed by atoms with van der Waals surface area (Å²) in [7, 11) is 0. The number of halogens is 2. The van der Waals surface area contributed by atoms with Crippen molar-refractivity contribution in [3.8, 4) is 0 Å². The summed E-state index contributed by atoms with van der Waals surface area (Å²) in [4.78, 5) is 31.9. The van der Waals surface area contributed by atoms with Crippen molar-refractivity contribution in [3.63, 3.8) is 0 Å². The van der Waals surface area contributed by atoms with E-state index in [2.05, 4.69) is 37.1 Å². The smallest absolute Gasteiger partial charge is 0.241 e. The molecule has 4 rings (SSSR count). The zero-order valence-corrected chi connectivity index (χ0v) is 19.1. The molecule has 2 aliphatic rings. The minimum absolute atomic E-state index is 0.0527. The van der Waals surface area contributed by atoms with Gasteiger partial charge in [-0.3, -0.25) is 19.9 Å². The van der Waals surface area contributed by atoms with Gasteiger partial charge in [-0.15, -0.1) is 0 Å². The maximum absolute atomic E-state index is 13.1. The minimum atomic E-state index is -0.342. The van der Waals surface area contributed by atoms with E-state index in [0.29, 0.717) is 28.1 Å². The van der Waals surface area contributed by atoms with Gasteiger partial charge in [0.15, 0.2) is 5.17 Å². The minimum Gasteiger partial charge on any atom is -0.325 e. The molecule has 0 saturated carbocycles. The molecule has 2 aromatic carbocycles. The van der Waals surface area contributed by atoms with Gasteiger partial charge in [-0.25, -0.2) is 10.4 Å². The highest BCUT2D eigenvalue weighted by Crippen LogP contribution is 2.30. The second-order valence-electron chi connectivity index (χ2n) is 6.94. The van der Waals surface area contributed by atoms with Crippen molar-refractivity contribution in [1.29, 1.82) is 0 Å². The number of amides is 2. The molecule has 1 saturated heterocycles. The topological polar surface area (TPSA) is 85.8 Å². The monoisotopic (exact) mass is 507 g/mol. The van der Waals surface area contributed by atoms with Crippen molar-refractivity contribution in [1.82, 2.24) is 10.9 Å². The van der Waals surface area contributed by atoms with Crippen LogP contribution in [0.3, 0.4) is 0 Å². The highest BCUT2D eigenvalue weighted by atomic mass is 79.9. The van der Waals surface area contributed by atoms with Crippen LogP contribution >= 0.6 is 39.3 Å². The first kappa shape index (κ1) is 21.3. The van der Waals surface area contributed by atoms with E-state index in [1.807, 2.05) is 37.3 Å². The number of nitrogens with zero attached hydrogens (tertiary/aromatic N) is 2. The molecule has 2 unspecified atom stereocenters. The van der Waals surface area contributed by atoms with E-state index in [1.54, 1.807) is 17.0 Å². The lowest BCUT2D eigenvalue weighted by molar-refractivity contribution is -0.121. The molecule has 10 heteroatoms. The molecule has 0 bridgehead atoms. The Morgan fingerprint density at radius 1 is 1.33 bits per heavy atom. The molecule has 3 N–H and O–H groups in total. The second-order valence-corrected chi connectivity index (χ2v) is 9.20. The van der Waals surface area contributed by atoms with E-state index >= 15 is 0 Å². The summed E-state index contributed by atoms with van der Waals surface area (Å²) in [6, 6.07) is 12.8. The van der Waals surface area contributed by atoms with Crippen molar-refractivity contribution in [3.05, 3.63) is 57.5 Å². The van der Waals surface area contributed by atoms with Gasteiger partial charge in [-0.1, -0.05) is 45.4 Å². The fraction of sp³-hybridized carbons (Fsp3) is 0.250. The first-order valence-electron chi connectivity index (χ1n) is 9.27. The molecule has 2 atom stereocenters. The van der Waals surface area contributed by atoms with Gasteiger partial charge in [0.1, 0.15) is 6.17 Å². The summed E-state index contributed by atoms with van der Waals surface area (Å²) in [6.07, 6.45) is -0.342. The van der Waals surface area contributed by atoms with Crippen molar-refractivity contribution in [2.75, 3.05) is 22.5 Å². The van der Waals surface area contributed by atoms with Crippen LogP contribution in [0, 0.1) is 12.8 Å². The molecule has 2 heterocycles. The zero-order valence-electron chi connectivity index (χ0n) is 16.0. The van der Waals surface area contributed by atoms with E-state index in [4.69, 9.17) is 11.6 Å². The number of aliphatic imine (C=N–C) groups is 1. The number of aryl methyl sites for hydroxylation is 1. The summed E-state index contributed by atoms with van der Waals surface area (Å²) >= 11 is 10.8. The Morgan fingerprint density at radius 3 is 2.83 bits per heavy atom. The van der Waals surface area contributed by atoms with E-state index in [1.165, 1.54) is 11.8 Å². The molecule has 1 fully saturated rings. The lowest BCUT2D eigenvalue weighted by Crippen LogP contribution is -2.49. The largest absolute Gasteiger partial charge is 0.325 e. The number of fused-ring (bicyclic) bond motifs is 1. The number of hydrogen-bond donors (Lipinski definition) is 3. The van der Waals surface area contributed by atoms with Crippen LogP contribution in [0.25, 0.3) is 0 Å². The predicted octanol–water partition coefficient (Wildman–Crippen LogP) is 3.54. The lowest BCUT2D eigenvalue weighted by Gasteiger charge is -2.32. The van der Waals surface area contributed by atoms with Crippen LogP contribution in [0.4, 0.5) is 11.4 Å². The summed E-state index contributed by atoms with van der Waals surface area (Å²) in [5.74, 6) is -0.440. The molecule has 156 valence electrons. The number of hydrogen-bond acceptors (Lipinski definition) is 6. The van der Waals surface area contributed by atoms with Gasteiger partial charge in [0.05, 0.1) is 17.4 Å². The van der Waals surface area contributed by atoms with Crippen LogP contribution in [-0.4, -0.2) is 35.4 Å². The molecular weight excluding hydrogens is 490 g/mol. The number of carbonyl (C=O) groups is 2. The molecule has 0 aliphatic carbocycles. The third-order valence-corrected chi connectivity index (χ3v) is 6.69. The quantitative estimate of drug-likeness (QED) is 0.588. The molecule has 30 heavy (non-hydrogen) atoms. The number of amidine groups is 1. The fourth-order valence-corrected chi connectivity index (χ4v) is 4.48. The Hall–Kier alpha value is -1.91. The number of nitrogens with one attached hydrogen (secondary N) is 3. The number of benzene rings is 2. The number of thioether (sulfide) groups is 1. The lowest BCUT2D eigenvalue weighted by atomic mass is 10.0. The summed E-state index contributed by atoms with van der Waals surface area (Å²) in [5.41, 5.74) is 8.29. The Labute approximate surface area is 191 Å². The number of hydrazine groups is 1. The summed E-state index contributed by atoms with van der Waals surface area (Å²) in [5, 5.41) is 3.91. The van der Waals surface area contributed by atoms with Crippen molar-refractivity contribution in [2.24, 2.45) is 10.9 Å². The molecule has 7 nitrogen and oxygen atoms in total. The SMILES string of the molecule is Cc1ccc(NC(=O)CSC2=NC3NNCC3C(=O)N2c2ccc(Br)cc2)cc1Cl. The summed E-state index contributed by atoms with van der Waals surface area (Å²) in [6.45, 7) is 2.41. The Balaban J connectivity index is 1.50. The van der Waals surface area contributed by atoms with Crippen LogP contribution < -0.4 is 21.1 Å². The van der Waals surface area contributed by atoms with Crippen molar-refractivity contribution < 1.29 is 9.59 Å². The molecule has 0 spiro atoms. The van der Waals surface area contributed by atoms with Gasteiger partial charge in [-0.05, 0) is 48.9 Å². The molecule has 2 aromatic rings. The second kappa shape index (κ2) is 9.07. The summed E-state index contributed by atoms with van der Waals surface area (Å²) < 4.78 is 0.917. The van der Waals surface area contributed by atoms with Gasteiger partial charge in [0, 0.05) is 21.7 Å². The van der Waals surface area contributed by atoms with E-state index in [-0.39, 0.29) is 29.7 Å². The van der Waals surface area contributed by atoms with Gasteiger partial charge in [0.25, 0.3) is 0 Å². The molecule has 0 radical (unpaired) electrons. The van der Waals surface area contributed by atoms with Gasteiger partial charge in [0.2, 0.25) is 11.8 Å². The van der Waals surface area contributed by atoms with Gasteiger partial charge < -0.3 is 5.32 Å². The molecule has 0 aromatic heterocycles. The van der Waals surface area contributed by atoms with Crippen molar-refractivity contribution in [2.45, 2.75) is 13.1 Å². The van der Waals surface area contributed by atoms with Crippen molar-refractivity contribution >= 4 is 67.6 Å². The molecule has 2 aliphatic heterocycles. The van der Waals surface area contributed by atoms with E-state index < -0.39 is 0 Å². The standard InChI is InChI=1S/C20H19BrClN5O2S/c1-11-2-5-13(8-16(11)22)24-17(28)10-30-20-25-18-15(9-23-26-18)19(29)27(20)14-6-3-12(21)4-7-14/h2-8,15,18,23,26H,9-10H2,1H3,(H,24,28).